The van der Waals surface area contributed by atoms with Gasteiger partial charge in [0, 0.05) is 15.7 Å². The largest absolute Gasteiger partial charge is 0.478 e. The van der Waals surface area contributed by atoms with Gasteiger partial charge in [-0.2, -0.15) is 0 Å². The highest BCUT2D eigenvalue weighted by atomic mass is 127. The molecule has 3 N–H and O–H groups in total. The fourth-order valence-electron chi connectivity index (χ4n) is 0.886. The monoisotopic (exact) mass is 308 g/mol. The van der Waals surface area contributed by atoms with Crippen molar-refractivity contribution >= 4 is 39.9 Å². The van der Waals surface area contributed by atoms with E-state index in [-0.39, 0.29) is 16.9 Å². The predicted octanol–water partition coefficient (Wildman–Crippen LogP) is 1.48. The van der Waals surface area contributed by atoms with Crippen LogP contribution in [0.15, 0.2) is 12.1 Å². The number of nitrogens with two attached hydrogens (primary N) is 1. The number of nitro benzene ring substituents is 1. The number of non-ortho nitro benzene ring substituents is 1. The molecular weight excluding hydrogens is 303 g/mol. The number of aromatic carboxylic acids is 1. The Bertz CT molecular complexity index is 418. The number of nitrogens with zero attached hydrogens (tertiary/aromatic N) is 1. The van der Waals surface area contributed by atoms with E-state index >= 15 is 0 Å². The second kappa shape index (κ2) is 3.78. The van der Waals surface area contributed by atoms with E-state index in [4.69, 9.17) is 10.8 Å². The van der Waals surface area contributed by atoms with Crippen LogP contribution >= 0.6 is 22.6 Å². The molecule has 0 atom stereocenters. The number of anilines is 1. The first-order chi connectivity index (χ1) is 6.43. The molecule has 0 fully saturated rings. The van der Waals surface area contributed by atoms with Crippen molar-refractivity contribution in [3.63, 3.8) is 0 Å². The number of hydrogen-bond acceptors (Lipinski definition) is 4. The first kappa shape index (κ1) is 10.7. The quantitative estimate of drug-likeness (QED) is 0.372. The molecule has 0 saturated carbocycles. The van der Waals surface area contributed by atoms with Gasteiger partial charge in [0.25, 0.3) is 5.69 Å². The third-order valence-electron chi connectivity index (χ3n) is 1.56. The summed E-state index contributed by atoms with van der Waals surface area (Å²) in [5.41, 5.74) is 4.96. The number of hydrogen-bond donors (Lipinski definition) is 2. The third-order valence-corrected chi connectivity index (χ3v) is 2.45. The molecule has 0 aliphatic carbocycles. The van der Waals surface area contributed by atoms with Gasteiger partial charge in [0.05, 0.1) is 16.2 Å². The van der Waals surface area contributed by atoms with Crippen LogP contribution in [-0.2, 0) is 0 Å². The van der Waals surface area contributed by atoms with Gasteiger partial charge in [0.2, 0.25) is 0 Å². The summed E-state index contributed by atoms with van der Waals surface area (Å²) in [5.74, 6) is -1.27. The van der Waals surface area contributed by atoms with Gasteiger partial charge in [-0.3, -0.25) is 10.1 Å². The van der Waals surface area contributed by atoms with Crippen LogP contribution in [0.5, 0.6) is 0 Å². The van der Waals surface area contributed by atoms with Crippen LogP contribution in [0.2, 0.25) is 0 Å². The summed E-state index contributed by atoms with van der Waals surface area (Å²) in [7, 11) is 0. The highest BCUT2D eigenvalue weighted by Gasteiger charge is 2.17. The number of halogens is 1. The zero-order valence-electron chi connectivity index (χ0n) is 6.73. The molecule has 0 saturated heterocycles. The highest BCUT2D eigenvalue weighted by Crippen LogP contribution is 2.25. The van der Waals surface area contributed by atoms with E-state index in [1.54, 1.807) is 22.6 Å². The Balaban J connectivity index is 3.43. The van der Waals surface area contributed by atoms with Crippen molar-refractivity contribution in [2.45, 2.75) is 0 Å². The van der Waals surface area contributed by atoms with Gasteiger partial charge in [-0.1, -0.05) is 0 Å². The van der Waals surface area contributed by atoms with E-state index in [1.807, 2.05) is 0 Å². The first-order valence-corrected chi connectivity index (χ1v) is 4.48. The number of carboxylic acid groups (broad SMARTS) is 1. The first-order valence-electron chi connectivity index (χ1n) is 3.40. The van der Waals surface area contributed by atoms with Crippen molar-refractivity contribution in [2.75, 3.05) is 5.73 Å². The molecule has 1 rings (SSSR count). The Hall–Kier alpha value is -1.38. The van der Waals surface area contributed by atoms with Crippen LogP contribution in [0.3, 0.4) is 0 Å². The summed E-state index contributed by atoms with van der Waals surface area (Å²) in [6.07, 6.45) is 0. The smallest absolute Gasteiger partial charge is 0.338 e. The maximum Gasteiger partial charge on any atom is 0.338 e. The minimum atomic E-state index is -1.27. The molecule has 0 aliphatic rings. The molecule has 0 aromatic heterocycles. The molecule has 6 nitrogen and oxygen atoms in total. The second-order valence-corrected chi connectivity index (χ2v) is 3.61. The van der Waals surface area contributed by atoms with Gasteiger partial charge in [-0.15, -0.1) is 0 Å². The Morgan fingerprint density at radius 1 is 1.57 bits per heavy atom. The van der Waals surface area contributed by atoms with Gasteiger partial charge >= 0.3 is 5.97 Å². The Morgan fingerprint density at radius 2 is 2.14 bits per heavy atom. The maximum absolute atomic E-state index is 10.6. The van der Waals surface area contributed by atoms with Crippen molar-refractivity contribution in [3.8, 4) is 0 Å². The fraction of sp³-hybridized carbons (Fsp3) is 0. The van der Waals surface area contributed by atoms with E-state index < -0.39 is 10.9 Å². The molecule has 0 aliphatic heterocycles. The SMILES string of the molecule is Nc1c(I)cc([N+](=O)[O-])cc1C(=O)O. The average Bonchev–Trinajstić information content (AvgIpc) is 2.08. The lowest BCUT2D eigenvalue weighted by Gasteiger charge is -2.02. The number of nitrogen functional groups attached to an aromatic ring is 1. The van der Waals surface area contributed by atoms with E-state index in [9.17, 15) is 14.9 Å². The molecule has 1 aromatic carbocycles. The normalized spacial score (nSPS) is 9.79. The van der Waals surface area contributed by atoms with Crippen molar-refractivity contribution in [2.24, 2.45) is 0 Å². The molecule has 0 unspecified atom stereocenters. The number of carboxylic acids is 1. The molecule has 0 heterocycles. The zero-order chi connectivity index (χ0) is 10.9. The lowest BCUT2D eigenvalue weighted by atomic mass is 10.1. The Kier molecular flexibility index (Phi) is 2.89. The summed E-state index contributed by atoms with van der Waals surface area (Å²) in [4.78, 5) is 20.4. The van der Waals surface area contributed by atoms with Crippen LogP contribution in [-0.4, -0.2) is 16.0 Å². The lowest BCUT2D eigenvalue weighted by Crippen LogP contribution is -2.05. The predicted molar refractivity (Wildman–Crippen MR) is 57.2 cm³/mol. The summed E-state index contributed by atoms with van der Waals surface area (Å²) in [6.45, 7) is 0. The fourth-order valence-corrected chi connectivity index (χ4v) is 1.50. The second-order valence-electron chi connectivity index (χ2n) is 2.45. The molecule has 74 valence electrons. The number of rotatable bonds is 2. The minimum Gasteiger partial charge on any atom is -0.478 e. The maximum atomic E-state index is 10.6. The van der Waals surface area contributed by atoms with Crippen LogP contribution in [0.1, 0.15) is 10.4 Å². The third kappa shape index (κ3) is 1.92. The Labute approximate surface area is 92.0 Å². The van der Waals surface area contributed by atoms with Crippen molar-refractivity contribution < 1.29 is 14.8 Å². The molecule has 1 aromatic rings. The van der Waals surface area contributed by atoms with Crippen LogP contribution < -0.4 is 5.73 Å². The molecule has 0 spiro atoms. The number of nitro groups is 1. The molecule has 0 radical (unpaired) electrons. The average molecular weight is 308 g/mol. The van der Waals surface area contributed by atoms with Crippen molar-refractivity contribution in [3.05, 3.63) is 31.4 Å². The zero-order valence-corrected chi connectivity index (χ0v) is 8.89. The molecule has 0 amide bonds. The summed E-state index contributed by atoms with van der Waals surface area (Å²) >= 11 is 1.75. The van der Waals surface area contributed by atoms with Crippen LogP contribution in [0, 0.1) is 13.7 Å². The van der Waals surface area contributed by atoms with Crippen LogP contribution in [0.25, 0.3) is 0 Å². The summed E-state index contributed by atoms with van der Waals surface area (Å²) < 4.78 is 0.356. The molecule has 14 heavy (non-hydrogen) atoms. The highest BCUT2D eigenvalue weighted by molar-refractivity contribution is 14.1. The number of benzene rings is 1. The van der Waals surface area contributed by atoms with Crippen molar-refractivity contribution in [1.82, 2.24) is 0 Å². The van der Waals surface area contributed by atoms with Gasteiger partial charge in [-0.25, -0.2) is 4.79 Å². The van der Waals surface area contributed by atoms with Crippen molar-refractivity contribution in [1.29, 1.82) is 0 Å². The topological polar surface area (TPSA) is 106 Å². The standard InChI is InChI=1S/C7H5IN2O4/c8-5-2-3(10(13)14)1-4(6(5)9)7(11)12/h1-2H,9H2,(H,11,12). The van der Waals surface area contributed by atoms with Gasteiger partial charge < -0.3 is 10.8 Å². The number of carbonyl (C=O) groups is 1. The van der Waals surface area contributed by atoms with E-state index in [0.717, 1.165) is 6.07 Å². The Morgan fingerprint density at radius 3 is 2.57 bits per heavy atom. The molecule has 0 bridgehead atoms. The van der Waals surface area contributed by atoms with Gasteiger partial charge in [0.15, 0.2) is 0 Å². The molecule has 7 heteroatoms. The van der Waals surface area contributed by atoms with Gasteiger partial charge in [-0.05, 0) is 22.6 Å². The summed E-state index contributed by atoms with van der Waals surface area (Å²) in [6, 6.07) is 2.17. The molecular formula is C7H5IN2O4. The van der Waals surface area contributed by atoms with Crippen LogP contribution in [0.4, 0.5) is 11.4 Å². The van der Waals surface area contributed by atoms with E-state index in [0.29, 0.717) is 3.57 Å². The minimum absolute atomic E-state index is 0.0451. The van der Waals surface area contributed by atoms with E-state index in [1.165, 1.54) is 6.07 Å². The lowest BCUT2D eigenvalue weighted by molar-refractivity contribution is -0.385. The summed E-state index contributed by atoms with van der Waals surface area (Å²) in [5, 5.41) is 19.1. The van der Waals surface area contributed by atoms with E-state index in [2.05, 4.69) is 0 Å². The van der Waals surface area contributed by atoms with Gasteiger partial charge in [0.1, 0.15) is 0 Å².